The number of ketones is 1. The minimum Gasteiger partial charge on any atom is -0.480 e. The number of carboxylic acids is 1. The van der Waals surface area contributed by atoms with Gasteiger partial charge in [-0.1, -0.05) is 11.6 Å². The van der Waals surface area contributed by atoms with E-state index in [9.17, 15) is 14.7 Å². The van der Waals surface area contributed by atoms with Gasteiger partial charge in [0.2, 0.25) is 0 Å². The molecule has 2 rings (SSSR count). The molecular weight excluding hydrogens is 258 g/mol. The van der Waals surface area contributed by atoms with Crippen molar-refractivity contribution in [1.82, 2.24) is 4.98 Å². The maximum Gasteiger partial charge on any atom is 0.319 e. The summed E-state index contributed by atoms with van der Waals surface area (Å²) < 4.78 is 5.17. The van der Waals surface area contributed by atoms with Gasteiger partial charge >= 0.3 is 5.97 Å². The standard InChI is InChI=1S/C12H12ClNO4/c13-9-6-14-3-1-8(9)5-12(11(16)17)7-18-4-2-10(12)15/h1,3,6H,2,4-5,7H2,(H,16,17). The summed E-state index contributed by atoms with van der Waals surface area (Å²) in [6.07, 6.45) is 3.10. The Kier molecular flexibility index (Phi) is 3.63. The fourth-order valence-corrected chi connectivity index (χ4v) is 2.20. The molecule has 96 valence electrons. The molecule has 0 amide bonds. The van der Waals surface area contributed by atoms with Crippen molar-refractivity contribution in [1.29, 1.82) is 0 Å². The molecule has 1 atom stereocenters. The van der Waals surface area contributed by atoms with E-state index in [-0.39, 0.29) is 31.8 Å². The molecule has 0 aromatic carbocycles. The molecular formula is C12H12ClNO4. The van der Waals surface area contributed by atoms with E-state index in [0.29, 0.717) is 10.6 Å². The van der Waals surface area contributed by atoms with Crippen LogP contribution in [0.1, 0.15) is 12.0 Å². The Hall–Kier alpha value is -1.46. The average molecular weight is 270 g/mol. The monoisotopic (exact) mass is 269 g/mol. The molecule has 0 aliphatic carbocycles. The predicted molar refractivity (Wildman–Crippen MR) is 63.5 cm³/mol. The van der Waals surface area contributed by atoms with Crippen molar-refractivity contribution >= 4 is 23.4 Å². The normalized spacial score (nSPS) is 23.9. The van der Waals surface area contributed by atoms with Crippen LogP contribution in [0.2, 0.25) is 5.02 Å². The first-order valence-corrected chi connectivity index (χ1v) is 5.87. The maximum absolute atomic E-state index is 12.0. The molecule has 1 aliphatic rings. The van der Waals surface area contributed by atoms with Crippen LogP contribution in [-0.2, 0) is 20.7 Å². The first kappa shape index (κ1) is 13.0. The summed E-state index contributed by atoms with van der Waals surface area (Å²) >= 11 is 5.95. The molecule has 2 heterocycles. The lowest BCUT2D eigenvalue weighted by Crippen LogP contribution is -2.48. The lowest BCUT2D eigenvalue weighted by molar-refractivity contribution is -0.164. The zero-order valence-electron chi connectivity index (χ0n) is 9.56. The minimum atomic E-state index is -1.52. The number of pyridine rings is 1. The van der Waals surface area contributed by atoms with Crippen LogP contribution < -0.4 is 0 Å². The van der Waals surface area contributed by atoms with Gasteiger partial charge in [0.25, 0.3) is 0 Å². The number of carbonyl (C=O) groups is 2. The van der Waals surface area contributed by atoms with Crippen molar-refractivity contribution in [2.75, 3.05) is 13.2 Å². The van der Waals surface area contributed by atoms with Gasteiger partial charge in [-0.05, 0) is 18.1 Å². The highest BCUT2D eigenvalue weighted by Gasteiger charge is 2.48. The molecule has 0 radical (unpaired) electrons. The van der Waals surface area contributed by atoms with Crippen molar-refractivity contribution in [2.45, 2.75) is 12.8 Å². The molecule has 5 nitrogen and oxygen atoms in total. The van der Waals surface area contributed by atoms with Crippen molar-refractivity contribution in [3.05, 3.63) is 29.0 Å². The maximum atomic E-state index is 12.0. The Morgan fingerprint density at radius 1 is 1.61 bits per heavy atom. The Morgan fingerprint density at radius 3 is 3.00 bits per heavy atom. The molecule has 1 aromatic heterocycles. The lowest BCUT2D eigenvalue weighted by atomic mass is 9.76. The third-order valence-electron chi connectivity index (χ3n) is 3.11. The highest BCUT2D eigenvalue weighted by atomic mass is 35.5. The SMILES string of the molecule is O=C(O)C1(Cc2ccncc2Cl)COCCC1=O. The summed E-state index contributed by atoms with van der Waals surface area (Å²) in [5.74, 6) is -1.48. The topological polar surface area (TPSA) is 76.5 Å². The number of aliphatic carboxylic acids is 1. The largest absolute Gasteiger partial charge is 0.480 e. The molecule has 6 heteroatoms. The number of carboxylic acid groups (broad SMARTS) is 1. The summed E-state index contributed by atoms with van der Waals surface area (Å²) in [4.78, 5) is 27.2. The molecule has 0 bridgehead atoms. The summed E-state index contributed by atoms with van der Waals surface area (Å²) in [6, 6.07) is 1.62. The smallest absolute Gasteiger partial charge is 0.319 e. The zero-order chi connectivity index (χ0) is 13.2. The second-order valence-corrected chi connectivity index (χ2v) is 4.66. The number of carbonyl (C=O) groups excluding carboxylic acids is 1. The van der Waals surface area contributed by atoms with E-state index in [2.05, 4.69) is 4.98 Å². The molecule has 1 N–H and O–H groups in total. The zero-order valence-corrected chi connectivity index (χ0v) is 10.3. The van der Waals surface area contributed by atoms with Gasteiger partial charge in [-0.3, -0.25) is 14.6 Å². The molecule has 1 aliphatic heterocycles. The number of nitrogens with zero attached hydrogens (tertiary/aromatic N) is 1. The Labute approximate surface area is 109 Å². The van der Waals surface area contributed by atoms with Crippen LogP contribution in [-0.4, -0.2) is 35.1 Å². The second kappa shape index (κ2) is 5.04. The number of Topliss-reactive ketones (excluding diaryl/α,β-unsaturated/α-hetero) is 1. The van der Waals surface area contributed by atoms with Crippen molar-refractivity contribution in [3.8, 4) is 0 Å². The van der Waals surface area contributed by atoms with Gasteiger partial charge in [-0.25, -0.2) is 0 Å². The van der Waals surface area contributed by atoms with Crippen LogP contribution in [0.15, 0.2) is 18.5 Å². The predicted octanol–water partition coefficient (Wildman–Crippen LogP) is 1.34. The van der Waals surface area contributed by atoms with Gasteiger partial charge in [-0.15, -0.1) is 0 Å². The first-order chi connectivity index (χ1) is 8.56. The molecule has 18 heavy (non-hydrogen) atoms. The van der Waals surface area contributed by atoms with Gasteiger partial charge in [0, 0.05) is 18.8 Å². The van der Waals surface area contributed by atoms with Gasteiger partial charge in [0.15, 0.2) is 11.2 Å². The van der Waals surface area contributed by atoms with E-state index >= 15 is 0 Å². The molecule has 1 unspecified atom stereocenters. The van der Waals surface area contributed by atoms with Gasteiger partial charge in [-0.2, -0.15) is 0 Å². The summed E-state index contributed by atoms with van der Waals surface area (Å²) in [7, 11) is 0. The van der Waals surface area contributed by atoms with Crippen molar-refractivity contribution in [2.24, 2.45) is 5.41 Å². The van der Waals surface area contributed by atoms with E-state index in [1.54, 1.807) is 6.07 Å². The van der Waals surface area contributed by atoms with Crippen molar-refractivity contribution < 1.29 is 19.4 Å². The van der Waals surface area contributed by atoms with Crippen LogP contribution in [0, 0.1) is 5.41 Å². The number of ether oxygens (including phenoxy) is 1. The third-order valence-corrected chi connectivity index (χ3v) is 3.45. The van der Waals surface area contributed by atoms with E-state index in [4.69, 9.17) is 16.3 Å². The van der Waals surface area contributed by atoms with E-state index in [1.807, 2.05) is 0 Å². The Balaban J connectivity index is 2.35. The average Bonchev–Trinajstić information content (AvgIpc) is 2.34. The van der Waals surface area contributed by atoms with Gasteiger partial charge < -0.3 is 9.84 Å². The van der Waals surface area contributed by atoms with Crippen LogP contribution in [0.25, 0.3) is 0 Å². The highest BCUT2D eigenvalue weighted by molar-refractivity contribution is 6.31. The number of hydrogen-bond acceptors (Lipinski definition) is 4. The summed E-state index contributed by atoms with van der Waals surface area (Å²) in [5, 5.41) is 9.71. The number of rotatable bonds is 3. The van der Waals surface area contributed by atoms with E-state index in [1.165, 1.54) is 12.4 Å². The number of hydrogen-bond donors (Lipinski definition) is 1. The fourth-order valence-electron chi connectivity index (χ4n) is 2.01. The lowest BCUT2D eigenvalue weighted by Gasteiger charge is -2.31. The molecule has 0 spiro atoms. The van der Waals surface area contributed by atoms with E-state index in [0.717, 1.165) is 0 Å². The third kappa shape index (κ3) is 2.23. The Morgan fingerprint density at radius 2 is 2.39 bits per heavy atom. The van der Waals surface area contributed by atoms with Gasteiger partial charge in [0.1, 0.15) is 0 Å². The fraction of sp³-hybridized carbons (Fsp3) is 0.417. The summed E-state index contributed by atoms with van der Waals surface area (Å²) in [5.41, 5.74) is -0.934. The quantitative estimate of drug-likeness (QED) is 0.838. The van der Waals surface area contributed by atoms with Crippen LogP contribution in [0.5, 0.6) is 0 Å². The Bertz CT molecular complexity index is 491. The molecule has 1 saturated heterocycles. The summed E-state index contributed by atoms with van der Waals surface area (Å²) in [6.45, 7) is 0.164. The highest BCUT2D eigenvalue weighted by Crippen LogP contribution is 2.32. The van der Waals surface area contributed by atoms with Crippen LogP contribution >= 0.6 is 11.6 Å². The van der Waals surface area contributed by atoms with Crippen LogP contribution in [0.4, 0.5) is 0 Å². The number of halogens is 1. The molecule has 1 fully saturated rings. The first-order valence-electron chi connectivity index (χ1n) is 5.49. The molecule has 0 saturated carbocycles. The van der Waals surface area contributed by atoms with Crippen molar-refractivity contribution in [3.63, 3.8) is 0 Å². The number of aromatic nitrogens is 1. The molecule has 1 aromatic rings. The van der Waals surface area contributed by atoms with Crippen LogP contribution in [0.3, 0.4) is 0 Å². The minimum absolute atomic E-state index is 0.0303. The van der Waals surface area contributed by atoms with Gasteiger partial charge in [0.05, 0.1) is 18.2 Å². The van der Waals surface area contributed by atoms with E-state index < -0.39 is 11.4 Å². The second-order valence-electron chi connectivity index (χ2n) is 4.26.